The first-order valence-corrected chi connectivity index (χ1v) is 9.05. The number of esters is 2. The lowest BCUT2D eigenvalue weighted by Crippen LogP contribution is -2.44. The summed E-state index contributed by atoms with van der Waals surface area (Å²) in [6.45, 7) is 8.96. The molecule has 1 aliphatic heterocycles. The zero-order valence-corrected chi connectivity index (χ0v) is 15.6. The van der Waals surface area contributed by atoms with E-state index in [9.17, 15) is 19.8 Å². The van der Waals surface area contributed by atoms with Gasteiger partial charge in [-0.1, -0.05) is 32.1 Å². The van der Waals surface area contributed by atoms with Crippen molar-refractivity contribution in [2.45, 2.75) is 58.3 Å². The average molecular weight is 364 g/mol. The third-order valence-corrected chi connectivity index (χ3v) is 5.15. The first-order valence-electron chi connectivity index (χ1n) is 9.05. The highest BCUT2D eigenvalue weighted by molar-refractivity contribution is 5.91. The number of hydrogen-bond donors (Lipinski definition) is 2. The Labute approximate surface area is 154 Å². The quantitative estimate of drug-likeness (QED) is 0.451. The van der Waals surface area contributed by atoms with Crippen LogP contribution in [-0.4, -0.2) is 47.1 Å². The minimum Gasteiger partial charge on any atom is -0.458 e. The summed E-state index contributed by atoms with van der Waals surface area (Å²) in [6, 6.07) is 0. The number of fused-ring (bicyclic) bond motifs is 1. The highest BCUT2D eigenvalue weighted by Gasteiger charge is 2.48. The minimum atomic E-state index is -1.24. The number of carbonyl (C=O) groups is 2. The van der Waals surface area contributed by atoms with E-state index >= 15 is 0 Å². The molecule has 0 aromatic heterocycles. The van der Waals surface area contributed by atoms with Gasteiger partial charge in [0.05, 0.1) is 18.4 Å². The molecule has 144 valence electrons. The standard InChI is InChI=1S/C20H28O6/c1-5-12(3)19(23)26-18-16-13(4)20(24)25-15(16)9-11(2)7-6-8-14(10-21)17(18)22/h8-9,12,15-18,21-22H,4-7,10H2,1-3H3/b11-9+,14-8+/t12-,15-,16+,17-,18+/m1/s1. The van der Waals surface area contributed by atoms with E-state index < -0.39 is 36.2 Å². The van der Waals surface area contributed by atoms with Gasteiger partial charge >= 0.3 is 11.9 Å². The number of aliphatic hydroxyl groups is 2. The molecule has 1 saturated heterocycles. The summed E-state index contributed by atoms with van der Waals surface area (Å²) in [5.74, 6) is -2.07. The lowest BCUT2D eigenvalue weighted by atomic mass is 9.83. The van der Waals surface area contributed by atoms with Gasteiger partial charge in [0, 0.05) is 5.57 Å². The summed E-state index contributed by atoms with van der Waals surface area (Å²) in [6.07, 6.45) is 2.56. The van der Waals surface area contributed by atoms with Crippen molar-refractivity contribution in [3.05, 3.63) is 35.5 Å². The Hall–Kier alpha value is -1.92. The molecule has 5 atom stereocenters. The largest absolute Gasteiger partial charge is 0.458 e. The summed E-state index contributed by atoms with van der Waals surface area (Å²) in [5.41, 5.74) is 1.55. The number of ether oxygens (including phenoxy) is 2. The van der Waals surface area contributed by atoms with Crippen molar-refractivity contribution in [3.63, 3.8) is 0 Å². The van der Waals surface area contributed by atoms with Crippen molar-refractivity contribution in [2.24, 2.45) is 11.8 Å². The van der Waals surface area contributed by atoms with Crippen molar-refractivity contribution in [1.82, 2.24) is 0 Å². The fraction of sp³-hybridized carbons (Fsp3) is 0.600. The number of rotatable bonds is 4. The summed E-state index contributed by atoms with van der Waals surface area (Å²) < 4.78 is 11.0. The first-order chi connectivity index (χ1) is 12.3. The van der Waals surface area contributed by atoms with Crippen molar-refractivity contribution in [2.75, 3.05) is 6.61 Å². The van der Waals surface area contributed by atoms with E-state index in [2.05, 4.69) is 6.58 Å². The van der Waals surface area contributed by atoms with Gasteiger partial charge in [0.2, 0.25) is 0 Å². The lowest BCUT2D eigenvalue weighted by molar-refractivity contribution is -0.162. The van der Waals surface area contributed by atoms with Crippen LogP contribution in [-0.2, 0) is 19.1 Å². The molecule has 1 aliphatic carbocycles. The fourth-order valence-electron chi connectivity index (χ4n) is 3.22. The normalized spacial score (nSPS) is 34.7. The Morgan fingerprint density at radius 1 is 1.50 bits per heavy atom. The smallest absolute Gasteiger partial charge is 0.334 e. The topological polar surface area (TPSA) is 93.1 Å². The van der Waals surface area contributed by atoms with E-state index in [1.807, 2.05) is 19.9 Å². The molecule has 0 bridgehead atoms. The highest BCUT2D eigenvalue weighted by Crippen LogP contribution is 2.36. The fourth-order valence-corrected chi connectivity index (χ4v) is 3.22. The third kappa shape index (κ3) is 4.24. The number of carbonyl (C=O) groups excluding carboxylic acids is 2. The molecule has 0 spiro atoms. The van der Waals surface area contributed by atoms with Crippen LogP contribution in [0.4, 0.5) is 0 Å². The van der Waals surface area contributed by atoms with Gasteiger partial charge in [0.1, 0.15) is 18.3 Å². The van der Waals surface area contributed by atoms with Crippen LogP contribution in [0.15, 0.2) is 35.5 Å². The van der Waals surface area contributed by atoms with Crippen LogP contribution < -0.4 is 0 Å². The molecule has 1 heterocycles. The molecule has 26 heavy (non-hydrogen) atoms. The van der Waals surface area contributed by atoms with Crippen molar-refractivity contribution in [1.29, 1.82) is 0 Å². The molecule has 6 nitrogen and oxygen atoms in total. The van der Waals surface area contributed by atoms with Crippen LogP contribution in [0.2, 0.25) is 0 Å². The van der Waals surface area contributed by atoms with E-state index in [-0.39, 0.29) is 18.1 Å². The number of hydrogen-bond acceptors (Lipinski definition) is 6. The molecule has 0 aromatic rings. The summed E-state index contributed by atoms with van der Waals surface area (Å²) in [4.78, 5) is 24.5. The van der Waals surface area contributed by atoms with Crippen LogP contribution >= 0.6 is 0 Å². The van der Waals surface area contributed by atoms with E-state index in [0.717, 1.165) is 5.57 Å². The molecular formula is C20H28O6. The molecular weight excluding hydrogens is 336 g/mol. The van der Waals surface area contributed by atoms with Crippen LogP contribution in [0.3, 0.4) is 0 Å². The zero-order valence-electron chi connectivity index (χ0n) is 15.6. The van der Waals surface area contributed by atoms with Gasteiger partial charge in [0.15, 0.2) is 0 Å². The highest BCUT2D eigenvalue weighted by atomic mass is 16.6. The maximum atomic E-state index is 12.4. The Morgan fingerprint density at radius 3 is 2.81 bits per heavy atom. The SMILES string of the molecule is C=C1C(=O)O[C@@H]2/C=C(\C)CC/C=C(\CO)[C@@H](O)[C@@H](OC(=O)[C@H](C)CC)[C@@H]12. The van der Waals surface area contributed by atoms with Gasteiger partial charge in [-0.2, -0.15) is 0 Å². The Balaban J connectivity index is 2.47. The maximum absolute atomic E-state index is 12.4. The van der Waals surface area contributed by atoms with Gasteiger partial charge in [0.25, 0.3) is 0 Å². The van der Waals surface area contributed by atoms with Gasteiger partial charge in [-0.15, -0.1) is 0 Å². The van der Waals surface area contributed by atoms with Crippen LogP contribution in [0, 0.1) is 11.8 Å². The molecule has 2 rings (SSSR count). The zero-order chi connectivity index (χ0) is 19.4. The van der Waals surface area contributed by atoms with Crippen LogP contribution in [0.5, 0.6) is 0 Å². The Bertz CT molecular complexity index is 632. The van der Waals surface area contributed by atoms with E-state index in [0.29, 0.717) is 24.8 Å². The monoisotopic (exact) mass is 364 g/mol. The second-order valence-corrected chi connectivity index (χ2v) is 7.07. The molecule has 2 aliphatic rings. The molecule has 0 unspecified atom stereocenters. The number of allylic oxidation sites excluding steroid dienone is 2. The van der Waals surface area contributed by atoms with E-state index in [1.165, 1.54) is 0 Å². The molecule has 6 heteroatoms. The van der Waals surface area contributed by atoms with E-state index in [1.54, 1.807) is 13.0 Å². The lowest BCUT2D eigenvalue weighted by Gasteiger charge is -2.32. The van der Waals surface area contributed by atoms with Crippen LogP contribution in [0.25, 0.3) is 0 Å². The Kier molecular flexibility index (Phi) is 6.78. The molecule has 0 aromatic carbocycles. The average Bonchev–Trinajstić information content (AvgIpc) is 2.88. The molecule has 0 radical (unpaired) electrons. The first kappa shape index (κ1) is 20.4. The van der Waals surface area contributed by atoms with E-state index in [4.69, 9.17) is 9.47 Å². The van der Waals surface area contributed by atoms with Crippen molar-refractivity contribution in [3.8, 4) is 0 Å². The summed E-state index contributed by atoms with van der Waals surface area (Å²) in [7, 11) is 0. The third-order valence-electron chi connectivity index (χ3n) is 5.15. The summed E-state index contributed by atoms with van der Waals surface area (Å²) in [5, 5.41) is 20.5. The maximum Gasteiger partial charge on any atom is 0.334 e. The van der Waals surface area contributed by atoms with Crippen molar-refractivity contribution >= 4 is 11.9 Å². The molecule has 2 N–H and O–H groups in total. The van der Waals surface area contributed by atoms with Gasteiger partial charge < -0.3 is 19.7 Å². The minimum absolute atomic E-state index is 0.165. The molecule has 0 saturated carbocycles. The molecule has 0 amide bonds. The van der Waals surface area contributed by atoms with Crippen molar-refractivity contribution < 1.29 is 29.3 Å². The second kappa shape index (κ2) is 8.64. The number of aliphatic hydroxyl groups excluding tert-OH is 2. The van der Waals surface area contributed by atoms with Gasteiger partial charge in [-0.25, -0.2) is 4.79 Å². The summed E-state index contributed by atoms with van der Waals surface area (Å²) >= 11 is 0. The Morgan fingerprint density at radius 2 is 2.19 bits per heavy atom. The van der Waals surface area contributed by atoms with Crippen LogP contribution in [0.1, 0.15) is 40.0 Å². The molecule has 1 fully saturated rings. The predicted molar refractivity (Wildman–Crippen MR) is 96.0 cm³/mol. The van der Waals surface area contributed by atoms with Gasteiger partial charge in [-0.05, 0) is 37.8 Å². The van der Waals surface area contributed by atoms with Gasteiger partial charge in [-0.3, -0.25) is 4.79 Å². The second-order valence-electron chi connectivity index (χ2n) is 7.07. The predicted octanol–water partition coefficient (Wildman–Crippen LogP) is 2.06.